The average Bonchev–Trinajstić information content (AvgIpc) is 2.89. The molecule has 2 rings (SSSR count). The van der Waals surface area contributed by atoms with Gasteiger partial charge in [-0.15, -0.1) is 0 Å². The monoisotopic (exact) mass is 334 g/mol. The Labute approximate surface area is 126 Å². The number of esters is 1. The molecule has 2 aromatic rings. The quantitative estimate of drug-likeness (QED) is 0.606. The normalized spacial score (nSPS) is 10.9. The number of hydrogen-bond donors (Lipinski definition) is 0. The molecule has 0 radical (unpaired) electrons. The number of carbonyl (C=O) groups excluding carboxylic acids is 1. The van der Waals surface area contributed by atoms with Gasteiger partial charge >= 0.3 is 5.97 Å². The van der Waals surface area contributed by atoms with Crippen molar-refractivity contribution in [2.24, 2.45) is 0 Å². The maximum atomic E-state index is 11.2. The number of ether oxygens (including phenoxy) is 1. The topological polar surface area (TPSA) is 39.4 Å². The van der Waals surface area contributed by atoms with Crippen LogP contribution in [-0.2, 0) is 9.53 Å². The van der Waals surface area contributed by atoms with Crippen LogP contribution in [0.5, 0.6) is 0 Å². The Morgan fingerprint density at radius 1 is 1.35 bits per heavy atom. The number of carbonyl (C=O) groups is 1. The molecule has 0 fully saturated rings. The maximum absolute atomic E-state index is 11.2. The molecule has 0 aliphatic rings. The third kappa shape index (κ3) is 3.61. The maximum Gasteiger partial charge on any atom is 0.330 e. The van der Waals surface area contributed by atoms with Crippen LogP contribution in [0.4, 0.5) is 0 Å². The van der Waals surface area contributed by atoms with Gasteiger partial charge in [-0.2, -0.15) is 0 Å². The van der Waals surface area contributed by atoms with E-state index in [0.29, 0.717) is 12.4 Å². The van der Waals surface area contributed by atoms with Crippen molar-refractivity contribution in [1.29, 1.82) is 0 Å². The molecule has 4 heteroatoms. The van der Waals surface area contributed by atoms with E-state index in [0.717, 1.165) is 21.4 Å². The summed E-state index contributed by atoms with van der Waals surface area (Å²) in [5, 5.41) is 0. The summed E-state index contributed by atoms with van der Waals surface area (Å²) in [7, 11) is 0. The minimum Gasteiger partial charge on any atom is -0.463 e. The molecule has 1 aromatic carbocycles. The zero-order chi connectivity index (χ0) is 14.5. The van der Waals surface area contributed by atoms with E-state index in [1.807, 2.05) is 37.3 Å². The molecule has 1 heterocycles. The molecule has 0 atom stereocenters. The molecule has 0 aliphatic heterocycles. The van der Waals surface area contributed by atoms with Crippen molar-refractivity contribution in [1.82, 2.24) is 0 Å². The Balaban J connectivity index is 2.16. The Hall–Kier alpha value is -1.81. The first-order valence-corrected chi connectivity index (χ1v) is 7.10. The molecule has 0 saturated carbocycles. The minimum atomic E-state index is -0.370. The summed E-state index contributed by atoms with van der Waals surface area (Å²) in [6.07, 6.45) is 2.96. The highest BCUT2D eigenvalue weighted by Crippen LogP contribution is 2.26. The van der Waals surface area contributed by atoms with Gasteiger partial charge in [0.05, 0.1) is 6.61 Å². The fourth-order valence-electron chi connectivity index (χ4n) is 1.74. The van der Waals surface area contributed by atoms with Crippen LogP contribution in [0.3, 0.4) is 0 Å². The van der Waals surface area contributed by atoms with E-state index >= 15 is 0 Å². The van der Waals surface area contributed by atoms with Gasteiger partial charge in [0.2, 0.25) is 0 Å². The van der Waals surface area contributed by atoms with Gasteiger partial charge in [0.1, 0.15) is 11.5 Å². The van der Waals surface area contributed by atoms with Gasteiger partial charge in [0, 0.05) is 16.1 Å². The smallest absolute Gasteiger partial charge is 0.330 e. The second kappa shape index (κ2) is 6.57. The van der Waals surface area contributed by atoms with Crippen LogP contribution < -0.4 is 0 Å². The van der Waals surface area contributed by atoms with Crippen LogP contribution in [0.1, 0.15) is 18.2 Å². The number of halogens is 1. The lowest BCUT2D eigenvalue weighted by atomic mass is 10.1. The number of hydrogen-bond acceptors (Lipinski definition) is 3. The fourth-order valence-corrected chi connectivity index (χ4v) is 1.98. The molecule has 0 N–H and O–H groups in total. The third-order valence-corrected chi connectivity index (χ3v) is 3.63. The molecule has 0 bridgehead atoms. The molecule has 3 nitrogen and oxygen atoms in total. The van der Waals surface area contributed by atoms with Crippen molar-refractivity contribution in [3.63, 3.8) is 0 Å². The van der Waals surface area contributed by atoms with Crippen molar-refractivity contribution in [2.45, 2.75) is 13.8 Å². The summed E-state index contributed by atoms with van der Waals surface area (Å²) >= 11 is 3.47. The lowest BCUT2D eigenvalue weighted by molar-refractivity contribution is -0.137. The zero-order valence-electron chi connectivity index (χ0n) is 11.4. The number of benzene rings is 1. The molecule has 0 amide bonds. The highest BCUT2D eigenvalue weighted by atomic mass is 79.9. The number of aryl methyl sites for hydroxylation is 1. The average molecular weight is 335 g/mol. The van der Waals surface area contributed by atoms with E-state index in [1.165, 1.54) is 6.08 Å². The van der Waals surface area contributed by atoms with Crippen molar-refractivity contribution >= 4 is 28.0 Å². The van der Waals surface area contributed by atoms with Crippen LogP contribution in [0.15, 0.2) is 45.3 Å². The molecule has 1 aromatic heterocycles. The molecule has 104 valence electrons. The van der Waals surface area contributed by atoms with Gasteiger partial charge < -0.3 is 9.15 Å². The van der Waals surface area contributed by atoms with E-state index in [2.05, 4.69) is 15.9 Å². The Morgan fingerprint density at radius 2 is 2.15 bits per heavy atom. The predicted molar refractivity (Wildman–Crippen MR) is 82.2 cm³/mol. The van der Waals surface area contributed by atoms with Crippen LogP contribution >= 0.6 is 15.9 Å². The SMILES string of the molecule is CCOC(=O)/C=C/c1ccc(-c2ccc(Br)c(C)c2)o1. The summed E-state index contributed by atoms with van der Waals surface area (Å²) in [6.45, 7) is 4.16. The Kier molecular flexibility index (Phi) is 4.79. The van der Waals surface area contributed by atoms with Crippen molar-refractivity contribution < 1.29 is 13.9 Å². The number of rotatable bonds is 4. The van der Waals surface area contributed by atoms with Gasteiger partial charge in [-0.25, -0.2) is 4.79 Å². The first-order valence-electron chi connectivity index (χ1n) is 6.31. The van der Waals surface area contributed by atoms with Crippen LogP contribution in [0.2, 0.25) is 0 Å². The second-order valence-electron chi connectivity index (χ2n) is 4.25. The first kappa shape index (κ1) is 14.6. The summed E-state index contributed by atoms with van der Waals surface area (Å²) in [5.74, 6) is 1.02. The third-order valence-electron chi connectivity index (χ3n) is 2.74. The van der Waals surface area contributed by atoms with Gasteiger partial charge in [0.25, 0.3) is 0 Å². The molecular weight excluding hydrogens is 320 g/mol. The first-order chi connectivity index (χ1) is 9.60. The lowest BCUT2D eigenvalue weighted by Gasteiger charge is -2.01. The predicted octanol–water partition coefficient (Wildman–Crippen LogP) is 4.59. The molecule has 0 aliphatic carbocycles. The number of furan rings is 1. The van der Waals surface area contributed by atoms with Gasteiger partial charge in [-0.1, -0.05) is 22.0 Å². The largest absolute Gasteiger partial charge is 0.463 e. The Morgan fingerprint density at radius 3 is 2.85 bits per heavy atom. The lowest BCUT2D eigenvalue weighted by Crippen LogP contribution is -1.98. The minimum absolute atomic E-state index is 0.366. The highest BCUT2D eigenvalue weighted by Gasteiger charge is 2.05. The summed E-state index contributed by atoms with van der Waals surface area (Å²) < 4.78 is 11.6. The highest BCUT2D eigenvalue weighted by molar-refractivity contribution is 9.10. The van der Waals surface area contributed by atoms with E-state index in [4.69, 9.17) is 9.15 Å². The van der Waals surface area contributed by atoms with E-state index in [9.17, 15) is 4.79 Å². The molecule has 0 saturated heterocycles. The zero-order valence-corrected chi connectivity index (χ0v) is 12.9. The summed E-state index contributed by atoms with van der Waals surface area (Å²) in [4.78, 5) is 11.2. The van der Waals surface area contributed by atoms with Gasteiger partial charge in [-0.3, -0.25) is 0 Å². The summed E-state index contributed by atoms with van der Waals surface area (Å²) in [6, 6.07) is 9.72. The van der Waals surface area contributed by atoms with Crippen molar-refractivity contribution in [3.05, 3.63) is 52.2 Å². The van der Waals surface area contributed by atoms with Crippen LogP contribution in [0.25, 0.3) is 17.4 Å². The van der Waals surface area contributed by atoms with Gasteiger partial charge in [0.15, 0.2) is 0 Å². The van der Waals surface area contributed by atoms with E-state index in [1.54, 1.807) is 13.0 Å². The second-order valence-corrected chi connectivity index (χ2v) is 5.11. The fraction of sp³-hybridized carbons (Fsp3) is 0.188. The molecule has 20 heavy (non-hydrogen) atoms. The van der Waals surface area contributed by atoms with Gasteiger partial charge in [-0.05, 0) is 49.8 Å². The Bertz CT molecular complexity index is 641. The van der Waals surface area contributed by atoms with Crippen molar-refractivity contribution in [2.75, 3.05) is 6.61 Å². The van der Waals surface area contributed by atoms with E-state index in [-0.39, 0.29) is 5.97 Å². The summed E-state index contributed by atoms with van der Waals surface area (Å²) in [5.41, 5.74) is 2.14. The molecule has 0 unspecified atom stereocenters. The van der Waals surface area contributed by atoms with Crippen LogP contribution in [-0.4, -0.2) is 12.6 Å². The van der Waals surface area contributed by atoms with Crippen LogP contribution in [0, 0.1) is 6.92 Å². The van der Waals surface area contributed by atoms with E-state index < -0.39 is 0 Å². The molecule has 0 spiro atoms. The van der Waals surface area contributed by atoms with Crippen molar-refractivity contribution in [3.8, 4) is 11.3 Å². The molecular formula is C16H15BrO3. The standard InChI is InChI=1S/C16H15BrO3/c1-3-19-16(18)9-6-13-5-8-15(20-13)12-4-7-14(17)11(2)10-12/h4-10H,3H2,1-2H3/b9-6+.